The number of nitrogens with zero attached hydrogens (tertiary/aromatic N) is 2. The third-order valence-electron chi connectivity index (χ3n) is 2.99. The molecule has 1 unspecified atom stereocenters. The van der Waals surface area contributed by atoms with Crippen LogP contribution in [0.1, 0.15) is 28.7 Å². The molecular weight excluding hydrogens is 295 g/mol. The lowest BCUT2D eigenvalue weighted by Crippen LogP contribution is -2.08. The fourth-order valence-corrected chi connectivity index (χ4v) is 3.21. The molecule has 0 aliphatic rings. The molecule has 0 saturated carbocycles. The quantitative estimate of drug-likeness (QED) is 0.920. The van der Waals surface area contributed by atoms with Crippen LogP contribution in [-0.2, 0) is 23.1 Å². The van der Waals surface area contributed by atoms with E-state index >= 15 is 0 Å². The summed E-state index contributed by atoms with van der Waals surface area (Å²) in [5, 5.41) is 13.2. The summed E-state index contributed by atoms with van der Waals surface area (Å²) >= 11 is 0. The Bertz CT molecular complexity index is 712. The largest absolute Gasteiger partial charge is 0.478 e. The minimum Gasteiger partial charge on any atom is -0.478 e. The summed E-state index contributed by atoms with van der Waals surface area (Å²) in [5.74, 6) is -1.75. The van der Waals surface area contributed by atoms with E-state index in [1.54, 1.807) is 10.7 Å². The maximum Gasteiger partial charge on any atom is 0.335 e. The minimum absolute atomic E-state index is 0.0834. The lowest BCUT2D eigenvalue weighted by atomic mass is 10.2. The topological polar surface area (TPSA) is 72.2 Å². The van der Waals surface area contributed by atoms with Gasteiger partial charge in [0.15, 0.2) is 0 Å². The van der Waals surface area contributed by atoms with Gasteiger partial charge < -0.3 is 5.11 Å². The molecule has 1 atom stereocenters. The zero-order chi connectivity index (χ0) is 15.6. The molecule has 0 saturated heterocycles. The first-order chi connectivity index (χ1) is 9.92. The van der Waals surface area contributed by atoms with Crippen molar-refractivity contribution in [3.8, 4) is 0 Å². The van der Waals surface area contributed by atoms with Crippen molar-refractivity contribution in [2.45, 2.75) is 31.0 Å². The van der Waals surface area contributed by atoms with E-state index in [9.17, 15) is 13.4 Å². The number of halogens is 1. The Morgan fingerprint density at radius 1 is 1.43 bits per heavy atom. The smallest absolute Gasteiger partial charge is 0.335 e. The number of carbonyl (C=O) groups is 1. The number of benzene rings is 1. The number of carboxylic acid groups (broad SMARTS) is 1. The average molecular weight is 310 g/mol. The summed E-state index contributed by atoms with van der Waals surface area (Å²) in [6, 6.07) is 5.09. The standard InChI is InChI=1S/C14H15FN2O3S/c1-3-17-11(6-9(2)16-17)8-21(20)13-7-10(14(18)19)4-5-12(13)15/h4-7H,3,8H2,1-2H3,(H,18,19). The number of rotatable bonds is 5. The van der Waals surface area contributed by atoms with Gasteiger partial charge in [-0.25, -0.2) is 9.18 Å². The van der Waals surface area contributed by atoms with Gasteiger partial charge in [-0.3, -0.25) is 8.89 Å². The number of aromatic nitrogens is 2. The second-order valence-corrected chi connectivity index (χ2v) is 5.95. The highest BCUT2D eigenvalue weighted by atomic mass is 32.2. The van der Waals surface area contributed by atoms with Crippen LogP contribution in [0.15, 0.2) is 29.2 Å². The van der Waals surface area contributed by atoms with Crippen molar-refractivity contribution in [2.75, 3.05) is 0 Å². The van der Waals surface area contributed by atoms with E-state index < -0.39 is 22.6 Å². The molecule has 0 aliphatic carbocycles. The molecule has 2 aromatic rings. The van der Waals surface area contributed by atoms with Crippen LogP contribution < -0.4 is 0 Å². The van der Waals surface area contributed by atoms with Crippen LogP contribution in [0.4, 0.5) is 4.39 Å². The number of carboxylic acids is 1. The Balaban J connectivity index is 2.31. The van der Waals surface area contributed by atoms with Crippen molar-refractivity contribution in [1.82, 2.24) is 9.78 Å². The summed E-state index contributed by atoms with van der Waals surface area (Å²) in [6.07, 6.45) is 0. The molecule has 112 valence electrons. The summed E-state index contributed by atoms with van der Waals surface area (Å²) < 4.78 is 27.8. The molecular formula is C14H15FN2O3S. The summed E-state index contributed by atoms with van der Waals surface area (Å²) in [6.45, 7) is 4.35. The lowest BCUT2D eigenvalue weighted by Gasteiger charge is -2.07. The molecule has 0 amide bonds. The van der Waals surface area contributed by atoms with Crippen LogP contribution in [-0.4, -0.2) is 25.1 Å². The SMILES string of the molecule is CCn1nc(C)cc1CS(=O)c1cc(C(=O)O)ccc1F. The van der Waals surface area contributed by atoms with Crippen molar-refractivity contribution >= 4 is 16.8 Å². The Labute approximate surface area is 123 Å². The van der Waals surface area contributed by atoms with Gasteiger partial charge in [-0.2, -0.15) is 5.10 Å². The highest BCUT2D eigenvalue weighted by molar-refractivity contribution is 7.84. The van der Waals surface area contributed by atoms with Gasteiger partial charge in [0.25, 0.3) is 0 Å². The van der Waals surface area contributed by atoms with E-state index in [1.165, 1.54) is 0 Å². The molecule has 0 radical (unpaired) electrons. The van der Waals surface area contributed by atoms with Gasteiger partial charge >= 0.3 is 5.97 Å². The van der Waals surface area contributed by atoms with Gasteiger partial charge in [0.2, 0.25) is 0 Å². The summed E-state index contributed by atoms with van der Waals surface area (Å²) in [7, 11) is -1.67. The third-order valence-corrected chi connectivity index (χ3v) is 4.35. The molecule has 21 heavy (non-hydrogen) atoms. The highest BCUT2D eigenvalue weighted by Crippen LogP contribution is 2.18. The van der Waals surface area contributed by atoms with Crippen molar-refractivity contribution in [3.05, 3.63) is 47.0 Å². The molecule has 0 bridgehead atoms. The lowest BCUT2D eigenvalue weighted by molar-refractivity contribution is 0.0696. The first kappa shape index (κ1) is 15.4. The zero-order valence-electron chi connectivity index (χ0n) is 11.7. The second-order valence-electron chi connectivity index (χ2n) is 4.53. The van der Waals surface area contributed by atoms with Crippen LogP contribution in [0, 0.1) is 12.7 Å². The second kappa shape index (κ2) is 6.17. The van der Waals surface area contributed by atoms with Crippen molar-refractivity contribution in [2.24, 2.45) is 0 Å². The number of aryl methyl sites for hydroxylation is 2. The van der Waals surface area contributed by atoms with E-state index in [-0.39, 0.29) is 16.2 Å². The van der Waals surface area contributed by atoms with Gasteiger partial charge in [0, 0.05) is 6.54 Å². The number of aromatic carboxylic acids is 1. The zero-order valence-corrected chi connectivity index (χ0v) is 12.5. The molecule has 1 N–H and O–H groups in total. The molecule has 0 aliphatic heterocycles. The molecule has 0 fully saturated rings. The Morgan fingerprint density at radius 3 is 2.76 bits per heavy atom. The number of hydrogen-bond acceptors (Lipinski definition) is 3. The van der Waals surface area contributed by atoms with Crippen molar-refractivity contribution in [3.63, 3.8) is 0 Å². The summed E-state index contributed by atoms with van der Waals surface area (Å²) in [4.78, 5) is 10.8. The fourth-order valence-electron chi connectivity index (χ4n) is 2.01. The fraction of sp³-hybridized carbons (Fsp3) is 0.286. The highest BCUT2D eigenvalue weighted by Gasteiger charge is 2.16. The Kier molecular flexibility index (Phi) is 4.52. The van der Waals surface area contributed by atoms with Crippen LogP contribution in [0.3, 0.4) is 0 Å². The van der Waals surface area contributed by atoms with Gasteiger partial charge in [0.05, 0.1) is 38.4 Å². The van der Waals surface area contributed by atoms with Gasteiger partial charge in [0.1, 0.15) is 5.82 Å². The van der Waals surface area contributed by atoms with Crippen LogP contribution in [0.2, 0.25) is 0 Å². The molecule has 5 nitrogen and oxygen atoms in total. The van der Waals surface area contributed by atoms with Crippen molar-refractivity contribution < 1.29 is 18.5 Å². The van der Waals surface area contributed by atoms with Crippen LogP contribution in [0.25, 0.3) is 0 Å². The monoisotopic (exact) mass is 310 g/mol. The van der Waals surface area contributed by atoms with Crippen LogP contribution >= 0.6 is 0 Å². The van der Waals surface area contributed by atoms with Gasteiger partial charge in [-0.05, 0) is 38.1 Å². The van der Waals surface area contributed by atoms with Gasteiger partial charge in [-0.15, -0.1) is 0 Å². The summed E-state index contributed by atoms with van der Waals surface area (Å²) in [5.41, 5.74) is 1.44. The first-order valence-electron chi connectivity index (χ1n) is 6.37. The molecule has 1 aromatic heterocycles. The van der Waals surface area contributed by atoms with Crippen LogP contribution in [0.5, 0.6) is 0 Å². The normalized spacial score (nSPS) is 12.3. The maximum atomic E-state index is 13.8. The Hall–Kier alpha value is -2.02. The molecule has 1 heterocycles. The van der Waals surface area contributed by atoms with E-state index in [0.717, 1.165) is 29.6 Å². The molecule has 7 heteroatoms. The van der Waals surface area contributed by atoms with E-state index in [4.69, 9.17) is 5.11 Å². The maximum absolute atomic E-state index is 13.8. The molecule has 0 spiro atoms. The van der Waals surface area contributed by atoms with Gasteiger partial charge in [-0.1, -0.05) is 0 Å². The van der Waals surface area contributed by atoms with Crippen molar-refractivity contribution in [1.29, 1.82) is 0 Å². The predicted octanol–water partition coefficient (Wildman–Crippen LogP) is 2.36. The van der Waals surface area contributed by atoms with E-state index in [1.807, 2.05) is 13.8 Å². The van der Waals surface area contributed by atoms with E-state index in [2.05, 4.69) is 5.10 Å². The van der Waals surface area contributed by atoms with E-state index in [0.29, 0.717) is 6.54 Å². The molecule has 1 aromatic carbocycles. The third kappa shape index (κ3) is 3.36. The predicted molar refractivity (Wildman–Crippen MR) is 76.1 cm³/mol. The number of hydrogen-bond donors (Lipinski definition) is 1. The first-order valence-corrected chi connectivity index (χ1v) is 7.68. The molecule has 2 rings (SSSR count). The Morgan fingerprint density at radius 2 is 2.14 bits per heavy atom. The average Bonchev–Trinajstić information content (AvgIpc) is 2.78. The minimum atomic E-state index is -1.67.